The second-order valence-electron chi connectivity index (χ2n) is 8.65. The van der Waals surface area contributed by atoms with Gasteiger partial charge in [0, 0.05) is 18.2 Å². The Labute approximate surface area is 206 Å². The largest absolute Gasteiger partial charge is 0.384 e. The zero-order valence-corrected chi connectivity index (χ0v) is 20.8. The zero-order valence-electron chi connectivity index (χ0n) is 17.7. The highest BCUT2D eigenvalue weighted by Crippen LogP contribution is 2.41. The zero-order chi connectivity index (χ0) is 24.2. The fourth-order valence-electron chi connectivity index (χ4n) is 3.90. The predicted molar refractivity (Wildman–Crippen MR) is 127 cm³/mol. The molecule has 11 heteroatoms. The molecule has 1 atom stereocenters. The Morgan fingerprint density at radius 3 is 2.24 bits per heavy atom. The summed E-state index contributed by atoms with van der Waals surface area (Å²) in [6, 6.07) is 10.2. The lowest BCUT2D eigenvalue weighted by molar-refractivity contribution is -0.143. The van der Waals surface area contributed by atoms with Gasteiger partial charge in [-0.2, -0.15) is 0 Å². The number of oxime groups is 1. The van der Waals surface area contributed by atoms with Crippen LogP contribution in [-0.2, 0) is 30.7 Å². The Balaban J connectivity index is 1.44. The molecule has 1 saturated heterocycles. The Morgan fingerprint density at radius 2 is 1.70 bits per heavy atom. The SMILES string of the molecule is CC1(c2cc(Cl)c(Cl)c(Cl)c2)CC(c2ccc(C3(F)CN(C(=O)CS(C)(=O)=O)C3)cc2)=NO1. The number of sulfone groups is 1. The number of carbonyl (C=O) groups excluding carboxylic acids is 1. The van der Waals surface area contributed by atoms with Gasteiger partial charge in [-0.1, -0.05) is 64.2 Å². The number of nitrogens with zero attached hydrogens (tertiary/aromatic N) is 2. The van der Waals surface area contributed by atoms with Crippen molar-refractivity contribution in [1.29, 1.82) is 0 Å². The van der Waals surface area contributed by atoms with Crippen LogP contribution in [0.5, 0.6) is 0 Å². The first-order chi connectivity index (χ1) is 15.3. The molecule has 0 radical (unpaired) electrons. The molecule has 1 unspecified atom stereocenters. The summed E-state index contributed by atoms with van der Waals surface area (Å²) >= 11 is 18.3. The molecule has 0 N–H and O–H groups in total. The third kappa shape index (κ3) is 4.85. The predicted octanol–water partition coefficient (Wildman–Crippen LogP) is 4.74. The van der Waals surface area contributed by atoms with Crippen LogP contribution < -0.4 is 0 Å². The summed E-state index contributed by atoms with van der Waals surface area (Å²) in [5.41, 5.74) is 0.0768. The van der Waals surface area contributed by atoms with Gasteiger partial charge in [0.05, 0.1) is 33.9 Å². The summed E-state index contributed by atoms with van der Waals surface area (Å²) in [4.78, 5) is 18.9. The van der Waals surface area contributed by atoms with Gasteiger partial charge in [-0.25, -0.2) is 12.8 Å². The van der Waals surface area contributed by atoms with Crippen LogP contribution >= 0.6 is 34.8 Å². The van der Waals surface area contributed by atoms with Crippen molar-refractivity contribution < 1.29 is 22.4 Å². The third-order valence-corrected chi connectivity index (χ3v) is 7.78. The molecule has 1 amide bonds. The number of hydrogen-bond donors (Lipinski definition) is 0. The van der Waals surface area contributed by atoms with Gasteiger partial charge < -0.3 is 9.74 Å². The van der Waals surface area contributed by atoms with E-state index in [-0.39, 0.29) is 18.1 Å². The van der Waals surface area contributed by atoms with Crippen molar-refractivity contribution in [2.75, 3.05) is 25.1 Å². The van der Waals surface area contributed by atoms with Gasteiger partial charge in [-0.15, -0.1) is 0 Å². The van der Waals surface area contributed by atoms with Gasteiger partial charge in [0.15, 0.2) is 21.1 Å². The highest BCUT2D eigenvalue weighted by atomic mass is 35.5. The number of benzene rings is 2. The molecule has 0 aromatic heterocycles. The Morgan fingerprint density at radius 1 is 1.12 bits per heavy atom. The maximum Gasteiger partial charge on any atom is 0.237 e. The summed E-state index contributed by atoms with van der Waals surface area (Å²) in [5.74, 6) is -1.22. The molecule has 2 aromatic carbocycles. The van der Waals surface area contributed by atoms with Crippen LogP contribution in [0.25, 0.3) is 0 Å². The van der Waals surface area contributed by atoms with E-state index in [0.29, 0.717) is 27.7 Å². The highest BCUT2D eigenvalue weighted by molar-refractivity contribution is 7.91. The van der Waals surface area contributed by atoms with Crippen LogP contribution in [-0.4, -0.2) is 50.0 Å². The van der Waals surface area contributed by atoms with Gasteiger partial charge in [0.1, 0.15) is 5.75 Å². The topological polar surface area (TPSA) is 76.0 Å². The van der Waals surface area contributed by atoms with E-state index in [9.17, 15) is 13.2 Å². The van der Waals surface area contributed by atoms with Crippen molar-refractivity contribution in [1.82, 2.24) is 4.90 Å². The molecule has 6 nitrogen and oxygen atoms in total. The molecule has 0 aliphatic carbocycles. The van der Waals surface area contributed by atoms with Crippen LogP contribution in [0.15, 0.2) is 41.6 Å². The van der Waals surface area contributed by atoms with E-state index in [1.54, 1.807) is 36.4 Å². The molecule has 0 saturated carbocycles. The fraction of sp³-hybridized carbons (Fsp3) is 0.364. The van der Waals surface area contributed by atoms with Crippen molar-refractivity contribution in [3.8, 4) is 0 Å². The summed E-state index contributed by atoms with van der Waals surface area (Å²) in [6.45, 7) is 1.50. The maximum atomic E-state index is 15.2. The molecular formula is C22H20Cl3FN2O4S. The molecule has 33 heavy (non-hydrogen) atoms. The number of carbonyl (C=O) groups is 1. The highest BCUT2D eigenvalue weighted by Gasteiger charge is 2.47. The van der Waals surface area contributed by atoms with Crippen LogP contribution in [0.3, 0.4) is 0 Å². The third-order valence-electron chi connectivity index (χ3n) is 5.81. The summed E-state index contributed by atoms with van der Waals surface area (Å²) in [5, 5.41) is 5.12. The maximum absolute atomic E-state index is 15.2. The van der Waals surface area contributed by atoms with Crippen molar-refractivity contribution in [3.63, 3.8) is 0 Å². The van der Waals surface area contributed by atoms with Crippen LogP contribution in [0, 0.1) is 0 Å². The van der Waals surface area contributed by atoms with Gasteiger partial charge >= 0.3 is 0 Å². The fourth-order valence-corrected chi connectivity index (χ4v) is 5.13. The lowest BCUT2D eigenvalue weighted by Crippen LogP contribution is -2.59. The average molecular weight is 534 g/mol. The first-order valence-electron chi connectivity index (χ1n) is 9.95. The Bertz CT molecular complexity index is 1240. The molecular weight excluding hydrogens is 514 g/mol. The summed E-state index contributed by atoms with van der Waals surface area (Å²) in [6.07, 6.45) is 1.41. The van der Waals surface area contributed by atoms with E-state index >= 15 is 4.39 Å². The molecule has 4 rings (SSSR count). The van der Waals surface area contributed by atoms with Crippen LogP contribution in [0.2, 0.25) is 15.1 Å². The van der Waals surface area contributed by atoms with Gasteiger partial charge in [0.25, 0.3) is 0 Å². The smallest absolute Gasteiger partial charge is 0.237 e. The summed E-state index contributed by atoms with van der Waals surface area (Å²) in [7, 11) is -3.46. The van der Waals surface area contributed by atoms with E-state index in [2.05, 4.69) is 5.16 Å². The lowest BCUT2D eigenvalue weighted by atomic mass is 9.86. The number of hydrogen-bond acceptors (Lipinski definition) is 5. The standard InChI is InChI=1S/C22H20Cl3FN2O4S/c1-21(15-7-16(23)20(25)17(24)8-15)9-18(27-32-21)13-3-5-14(6-4-13)22(26)11-28(12-22)19(29)10-33(2,30)31/h3-8H,9-12H2,1-2H3. The minimum absolute atomic E-state index is 0.180. The second-order valence-corrected chi connectivity index (χ2v) is 12.0. The normalized spacial score (nSPS) is 21.9. The van der Waals surface area contributed by atoms with E-state index in [1.807, 2.05) is 6.92 Å². The number of halogens is 4. The quantitative estimate of drug-likeness (QED) is 0.520. The van der Waals surface area contributed by atoms with E-state index in [4.69, 9.17) is 39.6 Å². The van der Waals surface area contributed by atoms with E-state index in [1.165, 1.54) is 4.90 Å². The minimum atomic E-state index is -3.46. The second kappa shape index (κ2) is 8.41. The monoisotopic (exact) mass is 532 g/mol. The molecule has 0 bridgehead atoms. The number of alkyl halides is 1. The number of amides is 1. The number of likely N-dealkylation sites (tertiary alicyclic amines) is 1. The van der Waals surface area contributed by atoms with Crippen LogP contribution in [0.4, 0.5) is 4.39 Å². The molecule has 176 valence electrons. The molecule has 2 aliphatic rings. The first-order valence-corrected chi connectivity index (χ1v) is 13.1. The van der Waals surface area contributed by atoms with Crippen molar-refractivity contribution in [2.24, 2.45) is 5.16 Å². The van der Waals surface area contributed by atoms with Crippen molar-refractivity contribution >= 4 is 56.3 Å². The Kier molecular flexibility index (Phi) is 6.18. The van der Waals surface area contributed by atoms with E-state index < -0.39 is 32.8 Å². The molecule has 2 aromatic rings. The van der Waals surface area contributed by atoms with Crippen molar-refractivity contribution in [2.45, 2.75) is 24.6 Å². The average Bonchev–Trinajstić information content (AvgIpc) is 3.11. The van der Waals surface area contributed by atoms with Crippen LogP contribution in [0.1, 0.15) is 30.0 Å². The van der Waals surface area contributed by atoms with E-state index in [0.717, 1.165) is 17.4 Å². The molecule has 2 aliphatic heterocycles. The lowest BCUT2D eigenvalue weighted by Gasteiger charge is -2.44. The molecule has 0 spiro atoms. The Hall–Kier alpha value is -1.87. The minimum Gasteiger partial charge on any atom is -0.384 e. The first kappa shape index (κ1) is 24.3. The molecule has 1 fully saturated rings. The van der Waals surface area contributed by atoms with Gasteiger partial charge in [0.2, 0.25) is 5.91 Å². The van der Waals surface area contributed by atoms with Gasteiger partial charge in [-0.3, -0.25) is 4.79 Å². The number of rotatable bonds is 5. The van der Waals surface area contributed by atoms with Gasteiger partial charge in [-0.05, 0) is 30.2 Å². The molecule has 2 heterocycles. The summed E-state index contributed by atoms with van der Waals surface area (Å²) < 4.78 is 37.8. The van der Waals surface area contributed by atoms with Crippen molar-refractivity contribution in [3.05, 3.63) is 68.2 Å².